The monoisotopic (exact) mass is 462 g/mol. The minimum absolute atomic E-state index is 0.217. The molecule has 0 spiro atoms. The number of nitrogens with zero attached hydrogens (tertiary/aromatic N) is 2. The molecule has 7 nitrogen and oxygen atoms in total. The Morgan fingerprint density at radius 2 is 1.82 bits per heavy atom. The van der Waals surface area contributed by atoms with Crippen LogP contribution in [0.25, 0.3) is 6.08 Å². The zero-order valence-corrected chi connectivity index (χ0v) is 19.2. The van der Waals surface area contributed by atoms with Gasteiger partial charge in [0.05, 0.1) is 28.5 Å². The summed E-state index contributed by atoms with van der Waals surface area (Å²) in [4.78, 5) is 42.9. The Labute approximate surface area is 193 Å². The molecule has 0 radical (unpaired) electrons. The quantitative estimate of drug-likeness (QED) is 0.430. The van der Waals surface area contributed by atoms with Gasteiger partial charge in [0.1, 0.15) is 5.75 Å². The van der Waals surface area contributed by atoms with Crippen molar-refractivity contribution in [1.82, 2.24) is 4.57 Å². The zero-order valence-electron chi connectivity index (χ0n) is 18.4. The summed E-state index contributed by atoms with van der Waals surface area (Å²) in [7, 11) is 0. The van der Waals surface area contributed by atoms with E-state index in [1.165, 1.54) is 22.8 Å². The number of para-hydroxylation sites is 1. The normalized spacial score (nSPS) is 15.6. The number of esters is 2. The van der Waals surface area contributed by atoms with Gasteiger partial charge in [0.2, 0.25) is 0 Å². The van der Waals surface area contributed by atoms with Gasteiger partial charge in [-0.1, -0.05) is 59.9 Å². The van der Waals surface area contributed by atoms with Gasteiger partial charge < -0.3 is 9.47 Å². The predicted octanol–water partition coefficient (Wildman–Crippen LogP) is 2.72. The molecule has 3 aromatic rings. The summed E-state index contributed by atoms with van der Waals surface area (Å²) in [5, 5.41) is 0. The van der Waals surface area contributed by atoms with E-state index in [0.717, 1.165) is 5.56 Å². The smallest absolute Gasteiger partial charge is 0.338 e. The van der Waals surface area contributed by atoms with Crippen molar-refractivity contribution >= 4 is 29.4 Å². The van der Waals surface area contributed by atoms with E-state index in [4.69, 9.17) is 9.47 Å². The predicted molar refractivity (Wildman–Crippen MR) is 125 cm³/mol. The highest BCUT2D eigenvalue weighted by atomic mass is 32.1. The van der Waals surface area contributed by atoms with Crippen LogP contribution in [-0.4, -0.2) is 23.1 Å². The molecule has 0 bridgehead atoms. The first kappa shape index (κ1) is 22.4. The molecule has 2 aromatic carbocycles. The number of hydrogen-bond donors (Lipinski definition) is 0. The topological polar surface area (TPSA) is 87.0 Å². The number of benzene rings is 2. The summed E-state index contributed by atoms with van der Waals surface area (Å²) in [6.07, 6.45) is 1.67. The number of allylic oxidation sites excluding steroid dienone is 1. The minimum Gasteiger partial charge on any atom is -0.463 e. The highest BCUT2D eigenvalue weighted by molar-refractivity contribution is 7.07. The van der Waals surface area contributed by atoms with Crippen LogP contribution in [0, 0.1) is 0 Å². The number of rotatable bonds is 5. The standard InChI is InChI=1S/C25H22N2O5S/c1-4-31-24(30)21-15(2)26-25-27(22(21)17-10-6-5-7-11-17)23(29)20(33-25)14-18-12-8-9-13-19(18)32-16(3)28/h5-14,22H,4H2,1-3H3/t22-/m0/s1. The lowest BCUT2D eigenvalue weighted by atomic mass is 9.96. The summed E-state index contributed by atoms with van der Waals surface area (Å²) in [6, 6.07) is 15.7. The van der Waals surface area contributed by atoms with Crippen molar-refractivity contribution in [3.05, 3.63) is 96.7 Å². The van der Waals surface area contributed by atoms with E-state index >= 15 is 0 Å². The molecule has 1 aliphatic rings. The Kier molecular flexibility index (Phi) is 6.37. The second-order valence-electron chi connectivity index (χ2n) is 7.34. The van der Waals surface area contributed by atoms with Crippen LogP contribution < -0.4 is 19.6 Å². The average Bonchev–Trinajstić information content (AvgIpc) is 3.09. The number of carbonyl (C=O) groups is 2. The Bertz CT molecular complexity index is 1430. The molecule has 4 rings (SSSR count). The van der Waals surface area contributed by atoms with Gasteiger partial charge in [-0.05, 0) is 31.6 Å². The molecule has 0 fully saturated rings. The van der Waals surface area contributed by atoms with Crippen molar-refractivity contribution < 1.29 is 19.1 Å². The molecule has 0 aliphatic carbocycles. The van der Waals surface area contributed by atoms with Crippen molar-refractivity contribution in [2.24, 2.45) is 4.99 Å². The molecule has 0 unspecified atom stereocenters. The van der Waals surface area contributed by atoms with Crippen LogP contribution in [0.4, 0.5) is 0 Å². The van der Waals surface area contributed by atoms with E-state index in [2.05, 4.69) is 4.99 Å². The molecule has 0 N–H and O–H groups in total. The molecular formula is C25H22N2O5S. The largest absolute Gasteiger partial charge is 0.463 e. The Hall–Kier alpha value is -3.78. The number of ether oxygens (including phenoxy) is 2. The molecule has 8 heteroatoms. The van der Waals surface area contributed by atoms with E-state index in [9.17, 15) is 14.4 Å². The van der Waals surface area contributed by atoms with Gasteiger partial charge in [0.25, 0.3) is 5.56 Å². The van der Waals surface area contributed by atoms with Crippen LogP contribution in [0.15, 0.2) is 75.7 Å². The van der Waals surface area contributed by atoms with Crippen molar-refractivity contribution in [3.8, 4) is 5.75 Å². The fourth-order valence-corrected chi connectivity index (χ4v) is 4.77. The molecule has 0 saturated heterocycles. The van der Waals surface area contributed by atoms with Crippen molar-refractivity contribution in [3.63, 3.8) is 0 Å². The van der Waals surface area contributed by atoms with Crippen LogP contribution in [-0.2, 0) is 14.3 Å². The first-order chi connectivity index (χ1) is 15.9. The first-order valence-electron chi connectivity index (χ1n) is 10.4. The van der Waals surface area contributed by atoms with E-state index in [0.29, 0.717) is 31.9 Å². The molecule has 0 saturated carbocycles. The maximum Gasteiger partial charge on any atom is 0.338 e. The summed E-state index contributed by atoms with van der Waals surface area (Å²) >= 11 is 1.22. The van der Waals surface area contributed by atoms with Gasteiger partial charge in [0, 0.05) is 12.5 Å². The van der Waals surface area contributed by atoms with E-state index < -0.39 is 18.0 Å². The van der Waals surface area contributed by atoms with Crippen LogP contribution in [0.1, 0.15) is 37.9 Å². The molecule has 1 aliphatic heterocycles. The lowest BCUT2D eigenvalue weighted by Gasteiger charge is -2.24. The third-order valence-corrected chi connectivity index (χ3v) is 6.07. The minimum atomic E-state index is -0.660. The van der Waals surface area contributed by atoms with Gasteiger partial charge in [-0.2, -0.15) is 0 Å². The SMILES string of the molecule is CCOC(=O)C1=C(C)N=c2sc(=Cc3ccccc3OC(C)=O)c(=O)n2[C@H]1c1ccccc1. The number of thiazole rings is 1. The second-order valence-corrected chi connectivity index (χ2v) is 8.35. The third kappa shape index (κ3) is 4.42. The lowest BCUT2D eigenvalue weighted by Crippen LogP contribution is -2.39. The summed E-state index contributed by atoms with van der Waals surface area (Å²) < 4.78 is 12.5. The molecule has 1 atom stereocenters. The number of carbonyl (C=O) groups excluding carboxylic acids is 2. The Morgan fingerprint density at radius 3 is 2.52 bits per heavy atom. The average molecular weight is 463 g/mol. The van der Waals surface area contributed by atoms with Crippen molar-refractivity contribution in [1.29, 1.82) is 0 Å². The maximum atomic E-state index is 13.6. The van der Waals surface area contributed by atoms with E-state index in [1.54, 1.807) is 44.2 Å². The van der Waals surface area contributed by atoms with Gasteiger partial charge >= 0.3 is 11.9 Å². The maximum absolute atomic E-state index is 13.6. The van der Waals surface area contributed by atoms with Gasteiger partial charge in [-0.25, -0.2) is 9.79 Å². The number of fused-ring (bicyclic) bond motifs is 1. The molecular weight excluding hydrogens is 440 g/mol. The molecule has 2 heterocycles. The van der Waals surface area contributed by atoms with Crippen LogP contribution in [0.2, 0.25) is 0 Å². The Morgan fingerprint density at radius 1 is 1.12 bits per heavy atom. The Balaban J connectivity index is 1.94. The fourth-order valence-electron chi connectivity index (χ4n) is 3.73. The van der Waals surface area contributed by atoms with E-state index in [-0.39, 0.29) is 12.2 Å². The highest BCUT2D eigenvalue weighted by Gasteiger charge is 2.33. The van der Waals surface area contributed by atoms with Crippen LogP contribution in [0.5, 0.6) is 5.75 Å². The van der Waals surface area contributed by atoms with E-state index in [1.807, 2.05) is 30.3 Å². The fraction of sp³-hybridized carbons (Fsp3) is 0.200. The van der Waals surface area contributed by atoms with Gasteiger partial charge in [0.15, 0.2) is 4.80 Å². The summed E-state index contributed by atoms with van der Waals surface area (Å²) in [6.45, 7) is 5.02. The van der Waals surface area contributed by atoms with Crippen LogP contribution in [0.3, 0.4) is 0 Å². The summed E-state index contributed by atoms with van der Waals surface area (Å²) in [5.41, 5.74) is 1.93. The highest BCUT2D eigenvalue weighted by Crippen LogP contribution is 2.30. The van der Waals surface area contributed by atoms with Crippen molar-refractivity contribution in [2.45, 2.75) is 26.8 Å². The number of hydrogen-bond acceptors (Lipinski definition) is 7. The molecule has 168 valence electrons. The third-order valence-electron chi connectivity index (χ3n) is 5.09. The van der Waals surface area contributed by atoms with Crippen molar-refractivity contribution in [2.75, 3.05) is 6.61 Å². The summed E-state index contributed by atoms with van der Waals surface area (Å²) in [5.74, 6) is -0.586. The molecule has 33 heavy (non-hydrogen) atoms. The lowest BCUT2D eigenvalue weighted by molar-refractivity contribution is -0.139. The molecule has 1 aromatic heterocycles. The number of aromatic nitrogens is 1. The van der Waals surface area contributed by atoms with Gasteiger partial charge in [-0.3, -0.25) is 14.2 Å². The van der Waals surface area contributed by atoms with Crippen LogP contribution >= 0.6 is 11.3 Å². The second kappa shape index (κ2) is 9.38. The first-order valence-corrected chi connectivity index (χ1v) is 11.2. The van der Waals surface area contributed by atoms with Gasteiger partial charge in [-0.15, -0.1) is 0 Å². The zero-order chi connectivity index (χ0) is 23.5. The molecule has 0 amide bonds.